The maximum absolute atomic E-state index is 10.8. The van der Waals surface area contributed by atoms with Gasteiger partial charge in [0.15, 0.2) is 5.75 Å². The number of aromatic nitrogens is 1. The zero-order valence-electron chi connectivity index (χ0n) is 8.31. The molecule has 0 fully saturated rings. The van der Waals surface area contributed by atoms with Crippen LogP contribution in [0.4, 0.5) is 0 Å². The van der Waals surface area contributed by atoms with E-state index < -0.39 is 9.84 Å². The van der Waals surface area contributed by atoms with Crippen molar-refractivity contribution in [2.75, 3.05) is 18.6 Å². The minimum atomic E-state index is -2.90. The van der Waals surface area contributed by atoms with Gasteiger partial charge >= 0.3 is 0 Å². The smallest absolute Gasteiger partial charge is 0.152 e. The summed E-state index contributed by atoms with van der Waals surface area (Å²) in [6, 6.07) is 3.54. The molecule has 6 heteroatoms. The highest BCUT2D eigenvalue weighted by molar-refractivity contribution is 9.10. The molecule has 0 amide bonds. The fourth-order valence-electron chi connectivity index (χ4n) is 0.982. The quantitative estimate of drug-likeness (QED) is 0.612. The van der Waals surface area contributed by atoms with Gasteiger partial charge in [0.25, 0.3) is 0 Å². The second-order valence-corrected chi connectivity index (χ2v) is 6.14. The summed E-state index contributed by atoms with van der Waals surface area (Å²) >= 11 is 3.23. The monoisotopic (exact) mass is 293 g/mol. The zero-order valence-corrected chi connectivity index (χ0v) is 10.7. The number of sulfone groups is 1. The molecule has 0 aliphatic carbocycles. The number of hydrogen-bond donors (Lipinski definition) is 0. The Bertz CT molecular complexity index is 419. The van der Waals surface area contributed by atoms with Gasteiger partial charge in [0, 0.05) is 12.5 Å². The molecule has 1 aromatic heterocycles. The molecule has 0 spiro atoms. The van der Waals surface area contributed by atoms with E-state index in [2.05, 4.69) is 20.9 Å². The predicted octanol–water partition coefficient (Wildman–Crippen LogP) is 1.66. The molecule has 1 rings (SSSR count). The minimum Gasteiger partial charge on any atom is -0.491 e. The average molecular weight is 294 g/mol. The summed E-state index contributed by atoms with van der Waals surface area (Å²) in [5.74, 6) is 0.774. The van der Waals surface area contributed by atoms with Crippen molar-refractivity contribution in [3.05, 3.63) is 22.9 Å². The Kier molecular flexibility index (Phi) is 4.53. The molecule has 1 heterocycles. The van der Waals surface area contributed by atoms with Crippen molar-refractivity contribution in [2.45, 2.75) is 6.42 Å². The summed E-state index contributed by atoms with van der Waals surface area (Å²) in [6.07, 6.45) is 3.35. The van der Waals surface area contributed by atoms with Crippen LogP contribution in [0.25, 0.3) is 0 Å². The van der Waals surface area contributed by atoms with Crippen molar-refractivity contribution < 1.29 is 13.2 Å². The van der Waals surface area contributed by atoms with E-state index in [-0.39, 0.29) is 5.75 Å². The molecule has 0 N–H and O–H groups in total. The highest BCUT2D eigenvalue weighted by Crippen LogP contribution is 2.20. The van der Waals surface area contributed by atoms with Gasteiger partial charge in [-0.1, -0.05) is 0 Å². The highest BCUT2D eigenvalue weighted by Gasteiger charge is 2.03. The van der Waals surface area contributed by atoms with E-state index in [9.17, 15) is 8.42 Å². The molecule has 0 atom stereocenters. The number of ether oxygens (including phenoxy) is 1. The molecule has 4 nitrogen and oxygen atoms in total. The Labute approximate surface area is 97.7 Å². The van der Waals surface area contributed by atoms with Crippen LogP contribution in [0.2, 0.25) is 0 Å². The van der Waals surface area contributed by atoms with E-state index in [1.807, 2.05) is 0 Å². The Balaban J connectivity index is 2.36. The average Bonchev–Trinajstić information content (AvgIpc) is 2.13. The Hall–Kier alpha value is -0.620. The van der Waals surface area contributed by atoms with Crippen LogP contribution in [0, 0.1) is 0 Å². The molecule has 1 aromatic rings. The van der Waals surface area contributed by atoms with Gasteiger partial charge in [-0.3, -0.25) is 0 Å². The molecule has 0 unspecified atom stereocenters. The van der Waals surface area contributed by atoms with Crippen molar-refractivity contribution in [3.8, 4) is 5.75 Å². The van der Waals surface area contributed by atoms with Crippen LogP contribution in [0.5, 0.6) is 5.75 Å². The first kappa shape index (κ1) is 12.4. The molecular formula is C9H12BrNO3S. The largest absolute Gasteiger partial charge is 0.491 e. The molecule has 0 radical (unpaired) electrons. The van der Waals surface area contributed by atoms with Crippen LogP contribution in [-0.4, -0.2) is 32.0 Å². The third-order valence-corrected chi connectivity index (χ3v) is 3.27. The van der Waals surface area contributed by atoms with Gasteiger partial charge in [-0.25, -0.2) is 13.4 Å². The van der Waals surface area contributed by atoms with Crippen LogP contribution in [-0.2, 0) is 9.84 Å². The summed E-state index contributed by atoms with van der Waals surface area (Å²) in [7, 11) is -2.90. The van der Waals surface area contributed by atoms with E-state index >= 15 is 0 Å². The first-order chi connectivity index (χ1) is 6.99. The first-order valence-corrected chi connectivity index (χ1v) is 7.25. The number of nitrogens with zero attached hydrogens (tertiary/aromatic N) is 1. The highest BCUT2D eigenvalue weighted by atomic mass is 79.9. The van der Waals surface area contributed by atoms with Gasteiger partial charge < -0.3 is 4.74 Å². The third kappa shape index (κ3) is 5.13. The lowest BCUT2D eigenvalue weighted by molar-refractivity contribution is 0.314. The predicted molar refractivity (Wildman–Crippen MR) is 61.8 cm³/mol. The van der Waals surface area contributed by atoms with E-state index in [0.717, 1.165) is 0 Å². The maximum atomic E-state index is 10.8. The van der Waals surface area contributed by atoms with Crippen molar-refractivity contribution in [1.82, 2.24) is 4.98 Å². The summed E-state index contributed by atoms with van der Waals surface area (Å²) in [6.45, 7) is 0.372. The Morgan fingerprint density at radius 3 is 2.87 bits per heavy atom. The van der Waals surface area contributed by atoms with Crippen LogP contribution in [0.15, 0.2) is 22.9 Å². The van der Waals surface area contributed by atoms with E-state index in [1.165, 1.54) is 6.26 Å². The zero-order chi connectivity index (χ0) is 11.3. The third-order valence-electron chi connectivity index (χ3n) is 1.64. The van der Waals surface area contributed by atoms with Gasteiger partial charge in [0.1, 0.15) is 14.4 Å². The Morgan fingerprint density at radius 1 is 1.53 bits per heavy atom. The van der Waals surface area contributed by atoms with Crippen LogP contribution < -0.4 is 4.74 Å². The molecule has 84 valence electrons. The van der Waals surface area contributed by atoms with Crippen molar-refractivity contribution >= 4 is 25.8 Å². The standard InChI is InChI=1S/C9H12BrNO3S/c1-15(12,13)7-3-6-14-8-4-2-5-11-9(8)10/h2,4-5H,3,6-7H2,1H3. The second kappa shape index (κ2) is 5.46. The number of halogens is 1. The van der Waals surface area contributed by atoms with E-state index in [4.69, 9.17) is 4.74 Å². The SMILES string of the molecule is CS(=O)(=O)CCCOc1cccnc1Br. The van der Waals surface area contributed by atoms with Crippen molar-refractivity contribution in [2.24, 2.45) is 0 Å². The molecular weight excluding hydrogens is 282 g/mol. The number of rotatable bonds is 5. The molecule has 0 aliphatic heterocycles. The van der Waals surface area contributed by atoms with Gasteiger partial charge in [-0.15, -0.1) is 0 Å². The lowest BCUT2D eigenvalue weighted by Gasteiger charge is -2.06. The van der Waals surface area contributed by atoms with Crippen molar-refractivity contribution in [1.29, 1.82) is 0 Å². The number of hydrogen-bond acceptors (Lipinski definition) is 4. The fraction of sp³-hybridized carbons (Fsp3) is 0.444. The molecule has 0 saturated heterocycles. The van der Waals surface area contributed by atoms with E-state index in [0.29, 0.717) is 23.4 Å². The second-order valence-electron chi connectivity index (χ2n) is 3.12. The van der Waals surface area contributed by atoms with Crippen molar-refractivity contribution in [3.63, 3.8) is 0 Å². The summed E-state index contributed by atoms with van der Waals surface area (Å²) in [5.41, 5.74) is 0. The maximum Gasteiger partial charge on any atom is 0.152 e. The number of pyridine rings is 1. The molecule has 0 bridgehead atoms. The molecule has 15 heavy (non-hydrogen) atoms. The minimum absolute atomic E-state index is 0.144. The van der Waals surface area contributed by atoms with Gasteiger partial charge in [-0.05, 0) is 34.5 Å². The topological polar surface area (TPSA) is 56.3 Å². The van der Waals surface area contributed by atoms with Crippen LogP contribution in [0.3, 0.4) is 0 Å². The summed E-state index contributed by atoms with van der Waals surface area (Å²) in [5, 5.41) is 0. The lowest BCUT2D eigenvalue weighted by Crippen LogP contribution is -2.08. The summed E-state index contributed by atoms with van der Waals surface area (Å²) < 4.78 is 27.7. The Morgan fingerprint density at radius 2 is 2.27 bits per heavy atom. The van der Waals surface area contributed by atoms with Crippen LogP contribution in [0.1, 0.15) is 6.42 Å². The first-order valence-electron chi connectivity index (χ1n) is 4.40. The normalized spacial score (nSPS) is 11.3. The van der Waals surface area contributed by atoms with Gasteiger partial charge in [-0.2, -0.15) is 0 Å². The molecule has 0 aromatic carbocycles. The molecule has 0 aliphatic rings. The lowest BCUT2D eigenvalue weighted by atomic mass is 10.4. The fourth-order valence-corrected chi connectivity index (χ4v) is 1.99. The van der Waals surface area contributed by atoms with E-state index in [1.54, 1.807) is 18.3 Å². The molecule has 0 saturated carbocycles. The summed E-state index contributed by atoms with van der Waals surface area (Å²) in [4.78, 5) is 3.98. The van der Waals surface area contributed by atoms with Crippen LogP contribution >= 0.6 is 15.9 Å². The van der Waals surface area contributed by atoms with Gasteiger partial charge in [0.05, 0.1) is 12.4 Å². The van der Waals surface area contributed by atoms with Gasteiger partial charge in [0.2, 0.25) is 0 Å².